The number of carbonyl (C=O) groups is 3. The Hall–Kier alpha value is -1.93. The van der Waals surface area contributed by atoms with Crippen molar-refractivity contribution >= 4 is 29.2 Å². The van der Waals surface area contributed by atoms with Crippen LogP contribution < -0.4 is 5.32 Å². The zero-order valence-electron chi connectivity index (χ0n) is 16.2. The van der Waals surface area contributed by atoms with Crippen LogP contribution in [0.25, 0.3) is 0 Å². The second kappa shape index (κ2) is 7.98. The van der Waals surface area contributed by atoms with Crippen molar-refractivity contribution in [3.63, 3.8) is 0 Å². The monoisotopic (exact) mass is 392 g/mol. The van der Waals surface area contributed by atoms with E-state index in [2.05, 4.69) is 5.32 Å². The van der Waals surface area contributed by atoms with Gasteiger partial charge >= 0.3 is 6.03 Å². The summed E-state index contributed by atoms with van der Waals surface area (Å²) in [4.78, 5) is 43.9. The van der Waals surface area contributed by atoms with E-state index in [9.17, 15) is 14.4 Å². The molecule has 1 spiro atoms. The molecular weight excluding hydrogens is 364 g/mol. The number of amides is 4. The summed E-state index contributed by atoms with van der Waals surface area (Å²) in [6.07, 6.45) is 4.34. The fourth-order valence-corrected chi connectivity index (χ4v) is 5.02. The third-order valence-corrected chi connectivity index (χ3v) is 6.75. The van der Waals surface area contributed by atoms with E-state index in [0.29, 0.717) is 19.4 Å². The molecule has 1 aliphatic heterocycles. The number of likely N-dealkylation sites (N-methyl/N-ethyl adjacent to an activating group) is 2. The van der Waals surface area contributed by atoms with Crippen LogP contribution in [0, 0.1) is 0 Å². The Morgan fingerprint density at radius 2 is 2.00 bits per heavy atom. The van der Waals surface area contributed by atoms with Crippen LogP contribution in [0.2, 0.25) is 0 Å². The molecule has 0 radical (unpaired) electrons. The number of nitrogens with one attached hydrogen (secondary N) is 1. The molecule has 1 N–H and O–H groups in total. The number of hydrogen-bond donors (Lipinski definition) is 1. The van der Waals surface area contributed by atoms with Gasteiger partial charge in [0.25, 0.3) is 5.91 Å². The maximum Gasteiger partial charge on any atom is 0.327 e. The first-order valence-corrected chi connectivity index (χ1v) is 10.3. The molecule has 1 unspecified atom stereocenters. The van der Waals surface area contributed by atoms with Crippen LogP contribution in [0.15, 0.2) is 17.5 Å². The average Bonchev–Trinajstić information content (AvgIpc) is 3.23. The van der Waals surface area contributed by atoms with Crippen molar-refractivity contribution in [3.8, 4) is 0 Å². The maximum absolute atomic E-state index is 12.9. The predicted molar refractivity (Wildman–Crippen MR) is 104 cm³/mol. The standard InChI is InChI=1S/C19H28N4O3S/c1-21(2)14(15-8-7-11-27-15)12-20-16(24)13-23-17(25)19(22(3)18(23)26)9-5-4-6-10-19/h7-8,11,14H,4-6,9-10,12-13H2,1-3H3,(H,20,24). The lowest BCUT2D eigenvalue weighted by Gasteiger charge is -2.35. The third kappa shape index (κ3) is 3.73. The summed E-state index contributed by atoms with van der Waals surface area (Å²) in [7, 11) is 5.61. The molecule has 3 rings (SSSR count). The number of nitrogens with zero attached hydrogens (tertiary/aromatic N) is 3. The second-order valence-corrected chi connectivity index (χ2v) is 8.60. The van der Waals surface area contributed by atoms with Crippen LogP contribution in [0.5, 0.6) is 0 Å². The van der Waals surface area contributed by atoms with Crippen molar-refractivity contribution in [2.24, 2.45) is 0 Å². The second-order valence-electron chi connectivity index (χ2n) is 7.62. The molecule has 7 nitrogen and oxygen atoms in total. The van der Waals surface area contributed by atoms with Crippen LogP contribution >= 0.6 is 11.3 Å². The largest absolute Gasteiger partial charge is 0.353 e. The summed E-state index contributed by atoms with van der Waals surface area (Å²) in [5.74, 6) is -0.520. The normalized spacial score (nSPS) is 20.6. The number of rotatable bonds is 6. The zero-order chi connectivity index (χ0) is 19.6. The molecule has 1 aromatic rings. The summed E-state index contributed by atoms with van der Waals surface area (Å²) >= 11 is 1.64. The third-order valence-electron chi connectivity index (χ3n) is 5.77. The Bertz CT molecular complexity index is 698. The van der Waals surface area contributed by atoms with Gasteiger partial charge in [-0.15, -0.1) is 11.3 Å². The van der Waals surface area contributed by atoms with E-state index < -0.39 is 5.54 Å². The lowest BCUT2D eigenvalue weighted by molar-refractivity contribution is -0.137. The fraction of sp³-hybridized carbons (Fsp3) is 0.632. The summed E-state index contributed by atoms with van der Waals surface area (Å²) in [5.41, 5.74) is -0.737. The molecule has 1 atom stereocenters. The van der Waals surface area contributed by atoms with Gasteiger partial charge in [-0.2, -0.15) is 0 Å². The van der Waals surface area contributed by atoms with Crippen molar-refractivity contribution in [1.29, 1.82) is 0 Å². The van der Waals surface area contributed by atoms with Crippen LogP contribution in [-0.2, 0) is 9.59 Å². The SMILES string of the molecule is CN(C)C(CNC(=O)CN1C(=O)N(C)C2(CCCCC2)C1=O)c1cccs1. The first-order valence-electron chi connectivity index (χ1n) is 9.43. The first kappa shape index (κ1) is 19.8. The Morgan fingerprint density at radius 3 is 2.59 bits per heavy atom. The topological polar surface area (TPSA) is 73.0 Å². The first-order chi connectivity index (χ1) is 12.9. The maximum atomic E-state index is 12.9. The number of thiophene rings is 1. The highest BCUT2D eigenvalue weighted by atomic mass is 32.1. The highest BCUT2D eigenvalue weighted by Crippen LogP contribution is 2.39. The molecule has 0 bridgehead atoms. The van der Waals surface area contributed by atoms with Crippen LogP contribution in [-0.4, -0.2) is 72.3 Å². The number of imide groups is 1. The minimum Gasteiger partial charge on any atom is -0.353 e. The van der Waals surface area contributed by atoms with Gasteiger partial charge in [0.1, 0.15) is 12.1 Å². The minimum atomic E-state index is -0.737. The molecule has 2 fully saturated rings. The molecule has 4 amide bonds. The summed E-state index contributed by atoms with van der Waals surface area (Å²) in [6, 6.07) is 3.72. The van der Waals surface area contributed by atoms with Gasteiger partial charge in [0, 0.05) is 18.5 Å². The van der Waals surface area contributed by atoms with Crippen molar-refractivity contribution in [2.45, 2.75) is 43.7 Å². The molecule has 1 aromatic heterocycles. The Kier molecular flexibility index (Phi) is 5.86. The number of hydrogen-bond acceptors (Lipinski definition) is 5. The summed E-state index contributed by atoms with van der Waals surface area (Å²) in [5, 5.41) is 4.90. The van der Waals surface area contributed by atoms with Gasteiger partial charge in [-0.3, -0.25) is 14.5 Å². The van der Waals surface area contributed by atoms with E-state index in [0.717, 1.165) is 29.0 Å². The lowest BCUT2D eigenvalue weighted by Crippen LogP contribution is -2.49. The highest BCUT2D eigenvalue weighted by Gasteiger charge is 2.55. The molecule has 27 heavy (non-hydrogen) atoms. The molecule has 2 heterocycles. The van der Waals surface area contributed by atoms with E-state index in [4.69, 9.17) is 0 Å². The Balaban J connectivity index is 1.62. The number of carbonyl (C=O) groups excluding carboxylic acids is 3. The van der Waals surface area contributed by atoms with Crippen molar-refractivity contribution in [1.82, 2.24) is 20.0 Å². The molecule has 1 aliphatic carbocycles. The van der Waals surface area contributed by atoms with Crippen LogP contribution in [0.1, 0.15) is 43.0 Å². The molecule has 0 aromatic carbocycles. The van der Waals surface area contributed by atoms with Crippen molar-refractivity contribution in [2.75, 3.05) is 34.2 Å². The summed E-state index contributed by atoms with van der Waals surface area (Å²) < 4.78 is 0. The molecular formula is C19H28N4O3S. The Labute approximate surface area is 164 Å². The van der Waals surface area contributed by atoms with Crippen LogP contribution in [0.4, 0.5) is 4.79 Å². The van der Waals surface area contributed by atoms with E-state index in [1.807, 2.05) is 36.5 Å². The molecule has 1 saturated carbocycles. The molecule has 1 saturated heterocycles. The van der Waals surface area contributed by atoms with E-state index in [1.54, 1.807) is 23.3 Å². The molecule has 8 heteroatoms. The smallest absolute Gasteiger partial charge is 0.327 e. The lowest BCUT2D eigenvalue weighted by atomic mass is 9.81. The fourth-order valence-electron chi connectivity index (χ4n) is 4.10. The number of urea groups is 1. The van der Waals surface area contributed by atoms with E-state index in [1.165, 1.54) is 0 Å². The Morgan fingerprint density at radius 1 is 1.30 bits per heavy atom. The van der Waals surface area contributed by atoms with Gasteiger partial charge in [-0.05, 0) is 38.4 Å². The van der Waals surface area contributed by atoms with Gasteiger partial charge in [-0.25, -0.2) is 4.79 Å². The van der Waals surface area contributed by atoms with E-state index >= 15 is 0 Å². The van der Waals surface area contributed by atoms with E-state index in [-0.39, 0.29) is 30.4 Å². The quantitative estimate of drug-likeness (QED) is 0.752. The average molecular weight is 393 g/mol. The van der Waals surface area contributed by atoms with Crippen molar-refractivity contribution < 1.29 is 14.4 Å². The zero-order valence-corrected chi connectivity index (χ0v) is 17.1. The predicted octanol–water partition coefficient (Wildman–Crippen LogP) is 2.06. The van der Waals surface area contributed by atoms with Gasteiger partial charge < -0.3 is 15.1 Å². The van der Waals surface area contributed by atoms with Gasteiger partial charge in [0.05, 0.1) is 6.04 Å². The van der Waals surface area contributed by atoms with Gasteiger partial charge in [-0.1, -0.05) is 25.3 Å². The van der Waals surface area contributed by atoms with Crippen molar-refractivity contribution in [3.05, 3.63) is 22.4 Å². The van der Waals surface area contributed by atoms with Gasteiger partial charge in [0.15, 0.2) is 0 Å². The molecule has 2 aliphatic rings. The minimum absolute atomic E-state index is 0.0614. The molecule has 148 valence electrons. The highest BCUT2D eigenvalue weighted by molar-refractivity contribution is 7.10. The summed E-state index contributed by atoms with van der Waals surface area (Å²) in [6.45, 7) is 0.220. The van der Waals surface area contributed by atoms with Crippen LogP contribution in [0.3, 0.4) is 0 Å². The van der Waals surface area contributed by atoms with Gasteiger partial charge in [0.2, 0.25) is 5.91 Å².